The Labute approximate surface area is 78.1 Å². The van der Waals surface area contributed by atoms with Gasteiger partial charge in [0.1, 0.15) is 0 Å². The first kappa shape index (κ1) is 11.7. The van der Waals surface area contributed by atoms with Crippen LogP contribution in [0.5, 0.6) is 0 Å². The molecular weight excluding hydrogens is 144 g/mol. The van der Waals surface area contributed by atoms with Crippen molar-refractivity contribution < 1.29 is 0 Å². The van der Waals surface area contributed by atoms with Gasteiger partial charge in [0, 0.05) is 0 Å². The number of hydrogen-bond donors (Lipinski definition) is 0. The van der Waals surface area contributed by atoms with Crippen molar-refractivity contribution in [2.24, 2.45) is 11.3 Å². The van der Waals surface area contributed by atoms with E-state index in [4.69, 9.17) is 0 Å². The van der Waals surface area contributed by atoms with E-state index in [1.807, 2.05) is 0 Å². The molecule has 0 aromatic rings. The van der Waals surface area contributed by atoms with Crippen molar-refractivity contribution in [1.82, 2.24) is 0 Å². The fraction of sp³-hybridized carbons (Fsp3) is 0.833. The molecule has 0 bridgehead atoms. The van der Waals surface area contributed by atoms with Crippen molar-refractivity contribution in [2.75, 3.05) is 0 Å². The Morgan fingerprint density at radius 3 is 2.17 bits per heavy atom. The Morgan fingerprint density at radius 2 is 1.83 bits per heavy atom. The number of hydrogen-bond acceptors (Lipinski definition) is 0. The predicted molar refractivity (Wildman–Crippen MR) is 57.3 cm³/mol. The summed E-state index contributed by atoms with van der Waals surface area (Å²) >= 11 is 0. The van der Waals surface area contributed by atoms with E-state index in [2.05, 4.69) is 47.6 Å². The molecule has 0 aromatic carbocycles. The minimum absolute atomic E-state index is 0.402. The molecular formula is C12H24. The fourth-order valence-corrected chi connectivity index (χ4v) is 1.24. The van der Waals surface area contributed by atoms with Crippen LogP contribution in [0.1, 0.15) is 54.4 Å². The van der Waals surface area contributed by atoms with Crippen molar-refractivity contribution in [3.05, 3.63) is 11.6 Å². The van der Waals surface area contributed by atoms with Gasteiger partial charge in [0.15, 0.2) is 0 Å². The van der Waals surface area contributed by atoms with E-state index in [0.717, 1.165) is 5.92 Å². The van der Waals surface area contributed by atoms with Crippen LogP contribution in [-0.2, 0) is 0 Å². The molecule has 0 nitrogen and oxygen atoms in total. The first-order valence-electron chi connectivity index (χ1n) is 5.03. The van der Waals surface area contributed by atoms with Gasteiger partial charge in [-0.1, -0.05) is 45.8 Å². The molecule has 0 aliphatic rings. The topological polar surface area (TPSA) is 0 Å². The first-order chi connectivity index (χ1) is 5.40. The second-order valence-corrected chi connectivity index (χ2v) is 4.79. The Hall–Kier alpha value is -0.260. The molecule has 12 heavy (non-hydrogen) atoms. The van der Waals surface area contributed by atoms with Crippen LogP contribution in [0.3, 0.4) is 0 Å². The zero-order valence-corrected chi connectivity index (χ0v) is 9.57. The highest BCUT2D eigenvalue weighted by molar-refractivity contribution is 5.07. The Bertz CT molecular complexity index is 149. The highest BCUT2D eigenvalue weighted by atomic mass is 14.2. The third kappa shape index (κ3) is 3.94. The van der Waals surface area contributed by atoms with Crippen molar-refractivity contribution >= 4 is 0 Å². The molecule has 0 aromatic heterocycles. The Kier molecular flexibility index (Phi) is 4.59. The lowest BCUT2D eigenvalue weighted by Crippen LogP contribution is -2.13. The molecule has 0 amide bonds. The molecule has 0 fully saturated rings. The average Bonchev–Trinajstić information content (AvgIpc) is 1.99. The zero-order chi connectivity index (χ0) is 9.78. The second-order valence-electron chi connectivity index (χ2n) is 4.79. The molecule has 0 aliphatic heterocycles. The van der Waals surface area contributed by atoms with Crippen molar-refractivity contribution in [1.29, 1.82) is 0 Å². The van der Waals surface area contributed by atoms with E-state index in [9.17, 15) is 0 Å². The molecule has 0 atom stereocenters. The van der Waals surface area contributed by atoms with Crippen LogP contribution < -0.4 is 0 Å². The SMILES string of the molecule is CC=C(C)C(C)(C)CCC(C)C. The van der Waals surface area contributed by atoms with Crippen molar-refractivity contribution in [2.45, 2.75) is 54.4 Å². The third-order valence-corrected chi connectivity index (χ3v) is 2.85. The molecule has 0 radical (unpaired) electrons. The summed E-state index contributed by atoms with van der Waals surface area (Å²) in [5.74, 6) is 0.828. The molecule has 0 saturated carbocycles. The highest BCUT2D eigenvalue weighted by Gasteiger charge is 2.19. The summed E-state index contributed by atoms with van der Waals surface area (Å²) in [5.41, 5.74) is 1.92. The van der Waals surface area contributed by atoms with Gasteiger partial charge >= 0.3 is 0 Å². The average molecular weight is 168 g/mol. The van der Waals surface area contributed by atoms with Gasteiger partial charge in [0.05, 0.1) is 0 Å². The number of allylic oxidation sites excluding steroid dienone is 2. The van der Waals surface area contributed by atoms with Gasteiger partial charge in [0.25, 0.3) is 0 Å². The summed E-state index contributed by atoms with van der Waals surface area (Å²) in [5, 5.41) is 0. The van der Waals surface area contributed by atoms with Crippen LogP contribution in [0.2, 0.25) is 0 Å². The second kappa shape index (κ2) is 4.69. The summed E-state index contributed by atoms with van der Waals surface area (Å²) in [6.07, 6.45) is 4.87. The lowest BCUT2D eigenvalue weighted by molar-refractivity contribution is 0.361. The standard InChI is InChI=1S/C12H24/c1-7-11(4)12(5,6)9-8-10(2)3/h7,10H,8-9H2,1-6H3. The van der Waals surface area contributed by atoms with E-state index in [1.165, 1.54) is 18.4 Å². The normalized spacial score (nSPS) is 14.1. The maximum Gasteiger partial charge on any atom is -0.0147 e. The van der Waals surface area contributed by atoms with E-state index in [0.29, 0.717) is 5.41 Å². The summed E-state index contributed by atoms with van der Waals surface area (Å²) in [7, 11) is 0. The van der Waals surface area contributed by atoms with Crippen LogP contribution in [0, 0.1) is 11.3 Å². The van der Waals surface area contributed by atoms with Gasteiger partial charge in [-0.2, -0.15) is 0 Å². The lowest BCUT2D eigenvalue weighted by atomic mass is 9.79. The molecule has 0 rings (SSSR count). The largest absolute Gasteiger partial charge is 0.0882 e. The smallest absolute Gasteiger partial charge is 0.0147 e. The summed E-state index contributed by atoms with van der Waals surface area (Å²) in [6, 6.07) is 0. The Balaban J connectivity index is 4.04. The maximum absolute atomic E-state index is 2.34. The summed E-state index contributed by atoms with van der Waals surface area (Å²) < 4.78 is 0. The monoisotopic (exact) mass is 168 g/mol. The summed E-state index contributed by atoms with van der Waals surface area (Å²) in [6.45, 7) is 13.6. The van der Waals surface area contributed by atoms with Crippen LogP contribution in [0.25, 0.3) is 0 Å². The van der Waals surface area contributed by atoms with Gasteiger partial charge in [-0.15, -0.1) is 0 Å². The van der Waals surface area contributed by atoms with E-state index in [-0.39, 0.29) is 0 Å². The first-order valence-corrected chi connectivity index (χ1v) is 5.03. The lowest BCUT2D eigenvalue weighted by Gasteiger charge is -2.26. The third-order valence-electron chi connectivity index (χ3n) is 2.85. The zero-order valence-electron chi connectivity index (χ0n) is 9.57. The van der Waals surface area contributed by atoms with Crippen LogP contribution in [-0.4, -0.2) is 0 Å². The van der Waals surface area contributed by atoms with Crippen LogP contribution in [0.4, 0.5) is 0 Å². The molecule has 0 N–H and O–H groups in total. The minimum atomic E-state index is 0.402. The van der Waals surface area contributed by atoms with E-state index >= 15 is 0 Å². The molecule has 0 unspecified atom stereocenters. The molecule has 0 heterocycles. The van der Waals surface area contributed by atoms with Gasteiger partial charge in [-0.05, 0) is 31.6 Å². The maximum atomic E-state index is 2.34. The van der Waals surface area contributed by atoms with Gasteiger partial charge in [0.2, 0.25) is 0 Å². The van der Waals surface area contributed by atoms with Crippen molar-refractivity contribution in [3.63, 3.8) is 0 Å². The molecule has 0 heteroatoms. The van der Waals surface area contributed by atoms with E-state index in [1.54, 1.807) is 0 Å². The molecule has 72 valence electrons. The minimum Gasteiger partial charge on any atom is -0.0882 e. The van der Waals surface area contributed by atoms with Crippen molar-refractivity contribution in [3.8, 4) is 0 Å². The van der Waals surface area contributed by atoms with Gasteiger partial charge in [-0.3, -0.25) is 0 Å². The molecule has 0 spiro atoms. The predicted octanol–water partition coefficient (Wildman–Crippen LogP) is 4.42. The highest BCUT2D eigenvalue weighted by Crippen LogP contribution is 2.32. The molecule has 0 aliphatic carbocycles. The fourth-order valence-electron chi connectivity index (χ4n) is 1.24. The number of rotatable bonds is 4. The van der Waals surface area contributed by atoms with Gasteiger partial charge in [-0.25, -0.2) is 0 Å². The molecule has 0 saturated heterocycles. The Morgan fingerprint density at radius 1 is 1.33 bits per heavy atom. The summed E-state index contributed by atoms with van der Waals surface area (Å²) in [4.78, 5) is 0. The van der Waals surface area contributed by atoms with Crippen LogP contribution in [0.15, 0.2) is 11.6 Å². The quantitative estimate of drug-likeness (QED) is 0.545. The van der Waals surface area contributed by atoms with Gasteiger partial charge < -0.3 is 0 Å². The van der Waals surface area contributed by atoms with Crippen LogP contribution >= 0.6 is 0 Å². The van der Waals surface area contributed by atoms with E-state index < -0.39 is 0 Å².